The van der Waals surface area contributed by atoms with E-state index < -0.39 is 0 Å². The maximum Gasteiger partial charge on any atom is 0.234 e. The predicted octanol–water partition coefficient (Wildman–Crippen LogP) is 3.07. The summed E-state index contributed by atoms with van der Waals surface area (Å²) >= 11 is 1.31. The fraction of sp³-hybridized carbons (Fsp3) is 0.591. The van der Waals surface area contributed by atoms with Gasteiger partial charge in [-0.1, -0.05) is 43.9 Å². The first kappa shape index (κ1) is 22.0. The zero-order valence-electron chi connectivity index (χ0n) is 18.0. The van der Waals surface area contributed by atoms with Crippen molar-refractivity contribution in [3.63, 3.8) is 0 Å². The molecule has 2 aromatic rings. The van der Waals surface area contributed by atoms with Crippen LogP contribution in [-0.2, 0) is 16.0 Å². The largest absolute Gasteiger partial charge is 0.378 e. The number of hydrogen-bond donors (Lipinski definition) is 2. The van der Waals surface area contributed by atoms with Crippen LogP contribution in [0.2, 0.25) is 0 Å². The Bertz CT molecular complexity index is 844. The second-order valence-electron chi connectivity index (χ2n) is 8.29. The van der Waals surface area contributed by atoms with E-state index >= 15 is 0 Å². The van der Waals surface area contributed by atoms with Gasteiger partial charge in [-0.25, -0.2) is 4.68 Å². The third kappa shape index (κ3) is 6.13. The third-order valence-electron chi connectivity index (χ3n) is 6.10. The van der Waals surface area contributed by atoms with Gasteiger partial charge < -0.3 is 20.8 Å². The molecule has 1 aromatic heterocycles. The highest BCUT2D eigenvalue weighted by Crippen LogP contribution is 2.27. The Morgan fingerprint density at radius 1 is 1.13 bits per heavy atom. The molecule has 0 atom stereocenters. The number of ether oxygens (including phenoxy) is 1. The Morgan fingerprint density at radius 3 is 2.61 bits per heavy atom. The van der Waals surface area contributed by atoms with Crippen molar-refractivity contribution in [2.24, 2.45) is 5.92 Å². The molecular formula is C22H32N6O2S. The van der Waals surface area contributed by atoms with E-state index in [2.05, 4.69) is 20.4 Å². The highest BCUT2D eigenvalue weighted by Gasteiger charge is 2.17. The first-order valence-corrected chi connectivity index (χ1v) is 12.2. The third-order valence-corrected chi connectivity index (χ3v) is 7.04. The molecule has 0 radical (unpaired) electrons. The first-order valence-electron chi connectivity index (χ1n) is 11.2. The molecule has 1 saturated carbocycles. The number of nitrogens with zero attached hydrogens (tertiary/aromatic N) is 4. The van der Waals surface area contributed by atoms with Crippen LogP contribution < -0.4 is 16.1 Å². The molecule has 0 spiro atoms. The van der Waals surface area contributed by atoms with Gasteiger partial charge in [0.05, 0.1) is 19.0 Å². The lowest BCUT2D eigenvalue weighted by molar-refractivity contribution is -0.113. The van der Waals surface area contributed by atoms with Crippen molar-refractivity contribution < 1.29 is 9.53 Å². The number of anilines is 2. The Balaban J connectivity index is 1.22. The van der Waals surface area contributed by atoms with Crippen molar-refractivity contribution >= 4 is 29.0 Å². The van der Waals surface area contributed by atoms with E-state index in [9.17, 15) is 4.79 Å². The summed E-state index contributed by atoms with van der Waals surface area (Å²) in [5.74, 6) is 7.90. The minimum absolute atomic E-state index is 0.0871. The molecule has 0 bridgehead atoms. The number of carbonyl (C=O) groups excluding carboxylic acids is 1. The van der Waals surface area contributed by atoms with Gasteiger partial charge in [0.1, 0.15) is 0 Å². The monoisotopic (exact) mass is 444 g/mol. The van der Waals surface area contributed by atoms with Gasteiger partial charge in [0.25, 0.3) is 0 Å². The van der Waals surface area contributed by atoms with Gasteiger partial charge in [0.15, 0.2) is 5.82 Å². The number of morpholine rings is 1. The van der Waals surface area contributed by atoms with Gasteiger partial charge in [-0.05, 0) is 36.6 Å². The van der Waals surface area contributed by atoms with Crippen LogP contribution >= 0.6 is 11.8 Å². The lowest BCUT2D eigenvalue weighted by Gasteiger charge is -2.28. The highest BCUT2D eigenvalue weighted by atomic mass is 32.2. The number of benzene rings is 1. The Kier molecular flexibility index (Phi) is 7.69. The number of nitrogens with one attached hydrogen (secondary N) is 1. The number of thioether (sulfide) groups is 1. The van der Waals surface area contributed by atoms with Crippen molar-refractivity contribution in [2.75, 3.05) is 48.1 Å². The normalized spacial score (nSPS) is 17.6. The Morgan fingerprint density at radius 2 is 1.87 bits per heavy atom. The van der Waals surface area contributed by atoms with Crippen LogP contribution in [-0.4, -0.2) is 52.8 Å². The molecule has 0 unspecified atom stereocenters. The number of nitrogen functional groups attached to an aromatic ring is 1. The number of aryl methyl sites for hydroxylation is 1. The quantitative estimate of drug-likeness (QED) is 0.477. The van der Waals surface area contributed by atoms with Crippen LogP contribution in [0, 0.1) is 5.92 Å². The molecule has 4 rings (SSSR count). The zero-order valence-corrected chi connectivity index (χ0v) is 18.8. The zero-order chi connectivity index (χ0) is 21.5. The highest BCUT2D eigenvalue weighted by molar-refractivity contribution is 7.99. The molecule has 9 heteroatoms. The van der Waals surface area contributed by atoms with E-state index in [1.807, 2.05) is 24.3 Å². The average molecular weight is 445 g/mol. The first-order chi connectivity index (χ1) is 15.2. The smallest absolute Gasteiger partial charge is 0.234 e. The van der Waals surface area contributed by atoms with Gasteiger partial charge in [-0.15, -0.1) is 10.2 Å². The maximum atomic E-state index is 12.4. The molecule has 2 aliphatic rings. The summed E-state index contributed by atoms with van der Waals surface area (Å²) in [6.45, 7) is 3.29. The molecule has 2 fully saturated rings. The van der Waals surface area contributed by atoms with Crippen LogP contribution in [0.1, 0.15) is 44.3 Å². The van der Waals surface area contributed by atoms with Gasteiger partial charge >= 0.3 is 0 Å². The summed E-state index contributed by atoms with van der Waals surface area (Å²) < 4.78 is 6.93. The summed E-state index contributed by atoms with van der Waals surface area (Å²) in [6.07, 6.45) is 8.63. The number of aromatic nitrogens is 3. The van der Waals surface area contributed by atoms with E-state index in [0.717, 1.165) is 62.3 Å². The standard InChI is InChI=1S/C22H32N6O2S/c23-28-20(11-6-17-4-2-1-3-5-17)25-26-22(28)31-16-21(29)24-18-7-9-19(10-8-18)27-12-14-30-15-13-27/h7-10,17H,1-6,11-16,23H2,(H,24,29). The summed E-state index contributed by atoms with van der Waals surface area (Å²) in [6, 6.07) is 7.93. The minimum atomic E-state index is -0.0871. The van der Waals surface area contributed by atoms with Crippen LogP contribution in [0.3, 0.4) is 0 Å². The summed E-state index contributed by atoms with van der Waals surface area (Å²) in [5, 5.41) is 11.9. The second kappa shape index (κ2) is 10.9. The molecular weight excluding hydrogens is 412 g/mol. The van der Waals surface area contributed by atoms with Crippen molar-refractivity contribution in [3.8, 4) is 0 Å². The molecule has 1 aliphatic carbocycles. The topological polar surface area (TPSA) is 98.3 Å². The van der Waals surface area contributed by atoms with Crippen LogP contribution in [0.25, 0.3) is 0 Å². The number of amides is 1. The molecule has 1 aromatic carbocycles. The number of carbonyl (C=O) groups is 1. The SMILES string of the molecule is Nn1c(CCC2CCCCC2)nnc1SCC(=O)Nc1ccc(N2CCOCC2)cc1. The van der Waals surface area contributed by atoms with Gasteiger partial charge in [0, 0.05) is 30.9 Å². The molecule has 31 heavy (non-hydrogen) atoms. The fourth-order valence-corrected chi connectivity index (χ4v) is 4.96. The Hall–Kier alpha value is -2.26. The molecule has 2 heterocycles. The van der Waals surface area contributed by atoms with Crippen LogP contribution in [0.15, 0.2) is 29.4 Å². The summed E-state index contributed by atoms with van der Waals surface area (Å²) in [7, 11) is 0. The number of hydrogen-bond acceptors (Lipinski definition) is 7. The minimum Gasteiger partial charge on any atom is -0.378 e. The number of nitrogens with two attached hydrogens (primary N) is 1. The van der Waals surface area contributed by atoms with Crippen molar-refractivity contribution in [2.45, 2.75) is 50.1 Å². The molecule has 1 amide bonds. The van der Waals surface area contributed by atoms with Gasteiger partial charge in [-0.3, -0.25) is 4.79 Å². The summed E-state index contributed by atoms with van der Waals surface area (Å²) in [5.41, 5.74) is 1.93. The Labute approximate surface area is 187 Å². The maximum absolute atomic E-state index is 12.4. The molecule has 3 N–H and O–H groups in total. The average Bonchev–Trinajstić information content (AvgIpc) is 3.17. The van der Waals surface area contributed by atoms with E-state index in [0.29, 0.717) is 5.16 Å². The van der Waals surface area contributed by atoms with Crippen molar-refractivity contribution in [1.82, 2.24) is 14.9 Å². The second-order valence-corrected chi connectivity index (χ2v) is 9.24. The van der Waals surface area contributed by atoms with Crippen molar-refractivity contribution in [1.29, 1.82) is 0 Å². The molecule has 168 valence electrons. The molecule has 1 saturated heterocycles. The van der Waals surface area contributed by atoms with E-state index in [1.165, 1.54) is 48.5 Å². The predicted molar refractivity (Wildman–Crippen MR) is 124 cm³/mol. The van der Waals surface area contributed by atoms with E-state index in [1.54, 1.807) is 0 Å². The van der Waals surface area contributed by atoms with Gasteiger partial charge in [0.2, 0.25) is 11.1 Å². The van der Waals surface area contributed by atoms with E-state index in [-0.39, 0.29) is 11.7 Å². The number of rotatable bonds is 8. The van der Waals surface area contributed by atoms with Crippen LogP contribution in [0.4, 0.5) is 11.4 Å². The fourth-order valence-electron chi connectivity index (χ4n) is 4.29. The summed E-state index contributed by atoms with van der Waals surface area (Å²) in [4.78, 5) is 14.6. The van der Waals surface area contributed by atoms with E-state index in [4.69, 9.17) is 10.6 Å². The van der Waals surface area contributed by atoms with Crippen LogP contribution in [0.5, 0.6) is 0 Å². The molecule has 1 aliphatic heterocycles. The van der Waals surface area contributed by atoms with Gasteiger partial charge in [-0.2, -0.15) is 0 Å². The molecule has 8 nitrogen and oxygen atoms in total. The lowest BCUT2D eigenvalue weighted by atomic mass is 9.86. The van der Waals surface area contributed by atoms with Crippen molar-refractivity contribution in [3.05, 3.63) is 30.1 Å². The lowest BCUT2D eigenvalue weighted by Crippen LogP contribution is -2.36.